The maximum Gasteiger partial charge on any atom is 0.256 e. The van der Waals surface area contributed by atoms with Gasteiger partial charge in [0.1, 0.15) is 11.6 Å². The molecule has 2 amide bonds. The number of likely N-dealkylation sites (tertiary alicyclic amines) is 1. The highest BCUT2D eigenvalue weighted by molar-refractivity contribution is 5.94. The molecule has 1 N–H and O–H groups in total. The second kappa shape index (κ2) is 8.22. The quantitative estimate of drug-likeness (QED) is 0.897. The minimum atomic E-state index is -0.853. The number of hydrogen-bond donors (Lipinski definition) is 1. The highest BCUT2D eigenvalue weighted by Crippen LogP contribution is 2.21. The van der Waals surface area contributed by atoms with E-state index in [1.807, 2.05) is 6.92 Å². The number of nitrogens with zero attached hydrogens (tertiary/aromatic N) is 1. The lowest BCUT2D eigenvalue weighted by Crippen LogP contribution is -2.45. The van der Waals surface area contributed by atoms with Crippen molar-refractivity contribution in [1.29, 1.82) is 0 Å². The average Bonchev–Trinajstić information content (AvgIpc) is 2.54. The standard InChI is InChI=1S/C18H24F2N2O2/c1-3-4-12(2)21-17(23)13-7-9-22(10-8-13)18(24)15-6-5-14(19)11-16(15)20/h5-6,11-13H,3-4,7-10H2,1-2H3,(H,21,23). The molecule has 0 bridgehead atoms. The van der Waals surface area contributed by atoms with E-state index in [-0.39, 0.29) is 23.4 Å². The van der Waals surface area contributed by atoms with Gasteiger partial charge in [-0.25, -0.2) is 8.78 Å². The lowest BCUT2D eigenvalue weighted by molar-refractivity contribution is -0.126. The molecule has 0 aromatic heterocycles. The van der Waals surface area contributed by atoms with Gasteiger partial charge in [-0.2, -0.15) is 0 Å². The van der Waals surface area contributed by atoms with Crippen molar-refractivity contribution in [1.82, 2.24) is 10.2 Å². The number of amides is 2. The van der Waals surface area contributed by atoms with Crippen molar-refractivity contribution in [3.8, 4) is 0 Å². The molecule has 1 aromatic carbocycles. The third-order valence-electron chi connectivity index (χ3n) is 4.42. The van der Waals surface area contributed by atoms with Gasteiger partial charge in [-0.15, -0.1) is 0 Å². The van der Waals surface area contributed by atoms with Crippen LogP contribution in [-0.2, 0) is 4.79 Å². The van der Waals surface area contributed by atoms with Crippen LogP contribution < -0.4 is 5.32 Å². The molecule has 0 aliphatic carbocycles. The third kappa shape index (κ3) is 4.52. The second-order valence-electron chi connectivity index (χ2n) is 6.39. The average molecular weight is 338 g/mol. The van der Waals surface area contributed by atoms with Crippen LogP contribution >= 0.6 is 0 Å². The molecule has 0 saturated carbocycles. The molecule has 2 rings (SSSR count). The Bertz CT molecular complexity index is 599. The van der Waals surface area contributed by atoms with E-state index in [0.717, 1.165) is 25.0 Å². The first-order valence-electron chi connectivity index (χ1n) is 8.47. The van der Waals surface area contributed by atoms with Gasteiger partial charge >= 0.3 is 0 Å². The first-order valence-corrected chi connectivity index (χ1v) is 8.47. The van der Waals surface area contributed by atoms with Crippen LogP contribution in [0.2, 0.25) is 0 Å². The maximum atomic E-state index is 13.7. The number of hydrogen-bond acceptors (Lipinski definition) is 2. The van der Waals surface area contributed by atoms with Crippen molar-refractivity contribution in [2.24, 2.45) is 5.92 Å². The molecular formula is C18H24F2N2O2. The Balaban J connectivity index is 1.90. The number of halogens is 2. The van der Waals surface area contributed by atoms with Crippen LogP contribution in [0.25, 0.3) is 0 Å². The van der Waals surface area contributed by atoms with Crippen LogP contribution in [0.5, 0.6) is 0 Å². The van der Waals surface area contributed by atoms with Crippen molar-refractivity contribution >= 4 is 11.8 Å². The smallest absolute Gasteiger partial charge is 0.256 e. The number of carbonyl (C=O) groups is 2. The summed E-state index contributed by atoms with van der Waals surface area (Å²) >= 11 is 0. The number of benzene rings is 1. The summed E-state index contributed by atoms with van der Waals surface area (Å²) in [5.41, 5.74) is -0.129. The van der Waals surface area contributed by atoms with Crippen molar-refractivity contribution in [3.63, 3.8) is 0 Å². The SMILES string of the molecule is CCCC(C)NC(=O)C1CCN(C(=O)c2ccc(F)cc2F)CC1. The molecule has 132 valence electrons. The zero-order valence-corrected chi connectivity index (χ0v) is 14.1. The topological polar surface area (TPSA) is 49.4 Å². The van der Waals surface area contributed by atoms with Crippen LogP contribution in [0.1, 0.15) is 49.9 Å². The van der Waals surface area contributed by atoms with E-state index in [9.17, 15) is 18.4 Å². The molecule has 6 heteroatoms. The molecule has 0 radical (unpaired) electrons. The Kier molecular flexibility index (Phi) is 6.29. The zero-order chi connectivity index (χ0) is 17.7. The fraction of sp³-hybridized carbons (Fsp3) is 0.556. The van der Waals surface area contributed by atoms with Crippen molar-refractivity contribution < 1.29 is 18.4 Å². The third-order valence-corrected chi connectivity index (χ3v) is 4.42. The van der Waals surface area contributed by atoms with Gasteiger partial charge < -0.3 is 10.2 Å². The Hall–Kier alpha value is -1.98. The van der Waals surface area contributed by atoms with E-state index in [0.29, 0.717) is 32.0 Å². The van der Waals surface area contributed by atoms with Gasteiger partial charge in [0, 0.05) is 31.1 Å². The first-order chi connectivity index (χ1) is 11.4. The van der Waals surface area contributed by atoms with E-state index in [1.165, 1.54) is 4.90 Å². The molecule has 1 heterocycles. The van der Waals surface area contributed by atoms with Crippen LogP contribution in [0.3, 0.4) is 0 Å². The van der Waals surface area contributed by atoms with Gasteiger partial charge in [0.05, 0.1) is 5.56 Å². The van der Waals surface area contributed by atoms with Crippen LogP contribution in [0.15, 0.2) is 18.2 Å². The van der Waals surface area contributed by atoms with Gasteiger partial charge in [0.25, 0.3) is 5.91 Å². The largest absolute Gasteiger partial charge is 0.353 e. The lowest BCUT2D eigenvalue weighted by Gasteiger charge is -2.32. The summed E-state index contributed by atoms with van der Waals surface area (Å²) in [6.45, 7) is 4.85. The van der Waals surface area contributed by atoms with Gasteiger partial charge in [-0.3, -0.25) is 9.59 Å². The van der Waals surface area contributed by atoms with Gasteiger partial charge in [-0.1, -0.05) is 13.3 Å². The van der Waals surface area contributed by atoms with Crippen molar-refractivity contribution in [2.75, 3.05) is 13.1 Å². The molecule has 1 fully saturated rings. The number of nitrogens with one attached hydrogen (secondary N) is 1. The molecule has 1 aromatic rings. The predicted octanol–water partition coefficient (Wildman–Crippen LogP) is 3.12. The summed E-state index contributed by atoms with van der Waals surface area (Å²) in [4.78, 5) is 26.1. The normalized spacial score (nSPS) is 16.8. The lowest BCUT2D eigenvalue weighted by atomic mass is 9.95. The van der Waals surface area contributed by atoms with E-state index < -0.39 is 17.5 Å². The maximum absolute atomic E-state index is 13.7. The molecule has 4 nitrogen and oxygen atoms in total. The number of rotatable bonds is 5. The van der Waals surface area contributed by atoms with Gasteiger partial charge in [-0.05, 0) is 38.3 Å². The minimum absolute atomic E-state index is 0.0241. The van der Waals surface area contributed by atoms with E-state index >= 15 is 0 Å². The van der Waals surface area contributed by atoms with E-state index in [2.05, 4.69) is 12.2 Å². The molecule has 1 aliphatic heterocycles. The van der Waals surface area contributed by atoms with Crippen LogP contribution in [-0.4, -0.2) is 35.8 Å². The molecule has 0 spiro atoms. The molecule has 1 saturated heterocycles. The number of piperidine rings is 1. The highest BCUT2D eigenvalue weighted by Gasteiger charge is 2.29. The zero-order valence-electron chi connectivity index (χ0n) is 14.1. The predicted molar refractivity (Wildman–Crippen MR) is 87.5 cm³/mol. The van der Waals surface area contributed by atoms with E-state index in [1.54, 1.807) is 0 Å². The summed E-state index contributed by atoms with van der Waals surface area (Å²) in [6, 6.07) is 3.10. The Labute approximate surface area is 141 Å². The summed E-state index contributed by atoms with van der Waals surface area (Å²) in [5.74, 6) is -2.11. The summed E-state index contributed by atoms with van der Waals surface area (Å²) < 4.78 is 26.7. The summed E-state index contributed by atoms with van der Waals surface area (Å²) in [7, 11) is 0. The monoisotopic (exact) mass is 338 g/mol. The summed E-state index contributed by atoms with van der Waals surface area (Å²) in [6.07, 6.45) is 3.06. The summed E-state index contributed by atoms with van der Waals surface area (Å²) in [5, 5.41) is 3.00. The van der Waals surface area contributed by atoms with Crippen molar-refractivity contribution in [3.05, 3.63) is 35.4 Å². The van der Waals surface area contributed by atoms with E-state index in [4.69, 9.17) is 0 Å². The molecule has 1 aliphatic rings. The van der Waals surface area contributed by atoms with Crippen LogP contribution in [0, 0.1) is 17.6 Å². The Morgan fingerprint density at radius 2 is 1.96 bits per heavy atom. The second-order valence-corrected chi connectivity index (χ2v) is 6.39. The Morgan fingerprint density at radius 3 is 2.54 bits per heavy atom. The molecule has 1 unspecified atom stereocenters. The molecular weight excluding hydrogens is 314 g/mol. The Morgan fingerprint density at radius 1 is 1.29 bits per heavy atom. The fourth-order valence-electron chi connectivity index (χ4n) is 3.04. The van der Waals surface area contributed by atoms with Gasteiger partial charge in [0.2, 0.25) is 5.91 Å². The highest BCUT2D eigenvalue weighted by atomic mass is 19.1. The van der Waals surface area contributed by atoms with Gasteiger partial charge in [0.15, 0.2) is 0 Å². The fourth-order valence-corrected chi connectivity index (χ4v) is 3.04. The number of carbonyl (C=O) groups excluding carboxylic acids is 2. The van der Waals surface area contributed by atoms with Crippen molar-refractivity contribution in [2.45, 2.75) is 45.6 Å². The molecule has 24 heavy (non-hydrogen) atoms. The minimum Gasteiger partial charge on any atom is -0.353 e. The molecule has 1 atom stereocenters. The first kappa shape index (κ1) is 18.4. The van der Waals surface area contributed by atoms with Crippen LogP contribution in [0.4, 0.5) is 8.78 Å².